The average molecular weight is 577 g/mol. The van der Waals surface area contributed by atoms with Crippen molar-refractivity contribution in [3.05, 3.63) is 170 Å². The molecule has 0 fully saturated rings. The highest BCUT2D eigenvalue weighted by Gasteiger charge is 2.23. The summed E-state index contributed by atoms with van der Waals surface area (Å²) >= 11 is 0. The summed E-state index contributed by atoms with van der Waals surface area (Å²) in [7, 11) is 0. The van der Waals surface area contributed by atoms with Gasteiger partial charge in [0, 0.05) is 16.3 Å². The van der Waals surface area contributed by atoms with E-state index in [-0.39, 0.29) is 24.2 Å². The topological polar surface area (TPSA) is 13.1 Å². The molecule has 0 aliphatic carbocycles. The first kappa shape index (κ1) is 21.7. The van der Waals surface area contributed by atoms with E-state index in [0.29, 0.717) is 11.1 Å². The summed E-state index contributed by atoms with van der Waals surface area (Å²) in [4.78, 5) is 0. The van der Waals surface area contributed by atoms with E-state index in [2.05, 4.69) is 66.7 Å². The molecule has 0 radical (unpaired) electrons. The Hall–Kier alpha value is -5.92. The van der Waals surface area contributed by atoms with Crippen molar-refractivity contribution in [1.29, 1.82) is 0 Å². The molecular formula is C44H28O. The van der Waals surface area contributed by atoms with Crippen molar-refractivity contribution in [2.24, 2.45) is 0 Å². The fourth-order valence-electron chi connectivity index (χ4n) is 6.94. The molecule has 45 heavy (non-hydrogen) atoms. The number of fused-ring (bicyclic) bond motifs is 5. The van der Waals surface area contributed by atoms with Gasteiger partial charge in [-0.1, -0.05) is 152 Å². The van der Waals surface area contributed by atoms with E-state index < -0.39 is 0 Å². The lowest BCUT2D eigenvalue weighted by Crippen LogP contribution is -1.94. The molecule has 9 rings (SSSR count). The second-order valence-corrected chi connectivity index (χ2v) is 11.3. The number of furan rings is 1. The van der Waals surface area contributed by atoms with Crippen LogP contribution in [0.4, 0.5) is 0 Å². The smallest absolute Gasteiger partial charge is 0.136 e. The average Bonchev–Trinajstić information content (AvgIpc) is 3.54. The molecule has 0 saturated carbocycles. The normalized spacial score (nSPS) is 12.8. The monoisotopic (exact) mass is 576 g/mol. The first-order valence-corrected chi connectivity index (χ1v) is 15.1. The van der Waals surface area contributed by atoms with Crippen LogP contribution in [0.5, 0.6) is 0 Å². The molecule has 0 saturated heterocycles. The van der Waals surface area contributed by atoms with Gasteiger partial charge in [-0.15, -0.1) is 0 Å². The minimum Gasteiger partial charge on any atom is -0.456 e. The van der Waals surface area contributed by atoms with Gasteiger partial charge in [-0.25, -0.2) is 0 Å². The van der Waals surface area contributed by atoms with Crippen LogP contribution in [0.25, 0.3) is 88.0 Å². The Balaban J connectivity index is 1.48. The van der Waals surface area contributed by atoms with E-state index in [4.69, 9.17) is 8.53 Å². The number of rotatable bonds is 4. The van der Waals surface area contributed by atoms with Crippen LogP contribution in [0.3, 0.4) is 0 Å². The van der Waals surface area contributed by atoms with Crippen LogP contribution in [0.2, 0.25) is 0 Å². The fraction of sp³-hybridized carbons (Fsp3) is 0. The maximum Gasteiger partial charge on any atom is 0.136 e. The lowest BCUT2D eigenvalue weighted by atomic mass is 9.81. The summed E-state index contributed by atoms with van der Waals surface area (Å²) < 4.78 is 42.2. The van der Waals surface area contributed by atoms with Gasteiger partial charge < -0.3 is 4.42 Å². The molecule has 0 unspecified atom stereocenters. The second-order valence-electron chi connectivity index (χ2n) is 11.3. The summed E-state index contributed by atoms with van der Waals surface area (Å²) in [6.45, 7) is 0. The van der Waals surface area contributed by atoms with Gasteiger partial charge in [0.05, 0.1) is 5.48 Å². The van der Waals surface area contributed by atoms with E-state index in [1.807, 2.05) is 78.9 Å². The lowest BCUT2D eigenvalue weighted by molar-refractivity contribution is 0.669. The Morgan fingerprint density at radius 3 is 1.47 bits per heavy atom. The van der Waals surface area contributed by atoms with Crippen molar-refractivity contribution >= 4 is 43.5 Å². The highest BCUT2D eigenvalue weighted by atomic mass is 16.3. The van der Waals surface area contributed by atoms with Crippen molar-refractivity contribution in [1.82, 2.24) is 0 Å². The van der Waals surface area contributed by atoms with E-state index in [9.17, 15) is 1.37 Å². The summed E-state index contributed by atoms with van der Waals surface area (Å²) in [5.41, 5.74) is 8.45. The standard InChI is InChI=1S/C44H28O/c1-3-15-29(16-4-1)31-19-7-8-20-32(31)42-33-21-9-11-23-35(33)43(36-24-12-10-22-34(36)42)38-27-28-40-44(37-25-13-14-26-39(37)45-40)41(38)30-17-5-2-6-18-30/h1-28H/i7D,8D,19D,20D. The maximum absolute atomic E-state index is 9.32. The lowest BCUT2D eigenvalue weighted by Gasteiger charge is -2.21. The largest absolute Gasteiger partial charge is 0.456 e. The zero-order valence-corrected chi connectivity index (χ0v) is 24.3. The summed E-state index contributed by atoms with van der Waals surface area (Å²) in [5, 5.41) is 5.92. The van der Waals surface area contributed by atoms with Gasteiger partial charge in [0.1, 0.15) is 11.2 Å². The summed E-state index contributed by atoms with van der Waals surface area (Å²) in [6.07, 6.45) is 0. The quantitative estimate of drug-likeness (QED) is 0.190. The molecule has 0 aliphatic rings. The summed E-state index contributed by atoms with van der Waals surface area (Å²) in [6, 6.07) is 48.3. The van der Waals surface area contributed by atoms with Gasteiger partial charge in [-0.2, -0.15) is 0 Å². The molecule has 9 aromatic rings. The van der Waals surface area contributed by atoms with Crippen molar-refractivity contribution < 1.29 is 9.90 Å². The molecule has 0 aliphatic heterocycles. The molecule has 1 heteroatoms. The van der Waals surface area contributed by atoms with Gasteiger partial charge in [-0.05, 0) is 78.7 Å². The first-order chi connectivity index (χ1) is 24.0. The molecule has 8 aromatic carbocycles. The SMILES string of the molecule is [2H]c1c([2H])c([2H])c(-c2c3ccccc3c(-c3ccc4oc5ccccc5c4c3-c3ccccc3)c3ccccc23)c(-c2ccccc2)c1[2H]. The van der Waals surface area contributed by atoms with Crippen molar-refractivity contribution in [2.75, 3.05) is 0 Å². The predicted octanol–water partition coefficient (Wildman–Crippen LogP) is 12.6. The van der Waals surface area contributed by atoms with Crippen molar-refractivity contribution in [2.45, 2.75) is 0 Å². The Morgan fingerprint density at radius 2 is 0.844 bits per heavy atom. The maximum atomic E-state index is 9.32. The molecule has 0 spiro atoms. The van der Waals surface area contributed by atoms with Crippen LogP contribution in [0, 0.1) is 0 Å². The van der Waals surface area contributed by atoms with Crippen LogP contribution >= 0.6 is 0 Å². The molecule has 1 heterocycles. The third-order valence-electron chi connectivity index (χ3n) is 8.81. The van der Waals surface area contributed by atoms with Gasteiger partial charge in [0.25, 0.3) is 0 Å². The zero-order chi connectivity index (χ0) is 33.2. The van der Waals surface area contributed by atoms with E-state index >= 15 is 0 Å². The minimum absolute atomic E-state index is 0.0527. The molecule has 1 nitrogen and oxygen atoms in total. The van der Waals surface area contributed by atoms with E-state index in [1.54, 1.807) is 0 Å². The Bertz CT molecular complexity index is 2690. The number of hydrogen-bond acceptors (Lipinski definition) is 1. The van der Waals surface area contributed by atoms with Crippen LogP contribution < -0.4 is 0 Å². The molecule has 210 valence electrons. The van der Waals surface area contributed by atoms with Gasteiger partial charge in [0.2, 0.25) is 0 Å². The molecule has 0 N–H and O–H groups in total. The van der Waals surface area contributed by atoms with Crippen LogP contribution in [-0.4, -0.2) is 0 Å². The molecule has 1 aromatic heterocycles. The number of benzene rings is 8. The van der Waals surface area contributed by atoms with E-state index in [0.717, 1.165) is 76.9 Å². The Kier molecular flexibility index (Phi) is 5.00. The van der Waals surface area contributed by atoms with Crippen LogP contribution in [-0.2, 0) is 0 Å². The van der Waals surface area contributed by atoms with E-state index in [1.165, 1.54) is 0 Å². The van der Waals surface area contributed by atoms with Gasteiger partial charge in [-0.3, -0.25) is 0 Å². The number of hydrogen-bond donors (Lipinski definition) is 0. The zero-order valence-electron chi connectivity index (χ0n) is 28.3. The second kappa shape index (κ2) is 10.4. The molecule has 0 bridgehead atoms. The summed E-state index contributed by atoms with van der Waals surface area (Å²) in [5.74, 6) is 0. The molecular weight excluding hydrogens is 544 g/mol. The third-order valence-corrected chi connectivity index (χ3v) is 8.81. The molecule has 0 atom stereocenters. The predicted molar refractivity (Wildman–Crippen MR) is 190 cm³/mol. The third kappa shape index (κ3) is 4.02. The first-order valence-electron chi connectivity index (χ1n) is 17.1. The fourth-order valence-corrected chi connectivity index (χ4v) is 6.94. The van der Waals surface area contributed by atoms with Crippen molar-refractivity contribution in [3.63, 3.8) is 0 Å². The highest BCUT2D eigenvalue weighted by molar-refractivity contribution is 6.25. The molecule has 0 amide bonds. The van der Waals surface area contributed by atoms with Crippen LogP contribution in [0.15, 0.2) is 174 Å². The number of para-hydroxylation sites is 1. The Labute approximate surface area is 267 Å². The highest BCUT2D eigenvalue weighted by Crippen LogP contribution is 2.50. The van der Waals surface area contributed by atoms with Gasteiger partial charge in [0.15, 0.2) is 0 Å². The Morgan fingerprint density at radius 1 is 0.356 bits per heavy atom. The minimum atomic E-state index is -0.249. The van der Waals surface area contributed by atoms with Gasteiger partial charge >= 0.3 is 0 Å². The van der Waals surface area contributed by atoms with Crippen LogP contribution in [0.1, 0.15) is 5.48 Å². The van der Waals surface area contributed by atoms with Crippen molar-refractivity contribution in [3.8, 4) is 44.5 Å².